The summed E-state index contributed by atoms with van der Waals surface area (Å²) in [7, 11) is 0. The molecule has 0 saturated heterocycles. The van der Waals surface area contributed by atoms with E-state index in [0.29, 0.717) is 18.1 Å². The number of hydrogen-bond acceptors (Lipinski definition) is 6. The van der Waals surface area contributed by atoms with Crippen molar-refractivity contribution >= 4 is 17.6 Å². The van der Waals surface area contributed by atoms with Crippen LogP contribution in [0, 0.1) is 5.92 Å². The predicted molar refractivity (Wildman–Crippen MR) is 102 cm³/mol. The molecule has 0 amide bonds. The van der Waals surface area contributed by atoms with Crippen LogP contribution in [0.25, 0.3) is 11.1 Å². The van der Waals surface area contributed by atoms with Gasteiger partial charge in [0.05, 0.1) is 11.1 Å². The molecule has 140 valence electrons. The number of aliphatic hydroxyl groups excluding tert-OH is 1. The molecule has 27 heavy (non-hydrogen) atoms. The van der Waals surface area contributed by atoms with Gasteiger partial charge >= 0.3 is 0 Å². The first kappa shape index (κ1) is 16.8. The Kier molecular flexibility index (Phi) is 3.81. The summed E-state index contributed by atoms with van der Waals surface area (Å²) in [5, 5.41) is 10.7. The molecule has 0 radical (unpaired) electrons. The third-order valence-electron chi connectivity index (χ3n) is 5.89. The summed E-state index contributed by atoms with van der Waals surface area (Å²) >= 11 is 6.11. The molecule has 1 aliphatic carbocycles. The van der Waals surface area contributed by atoms with E-state index >= 15 is 0 Å². The van der Waals surface area contributed by atoms with E-state index in [1.807, 2.05) is 18.2 Å². The summed E-state index contributed by atoms with van der Waals surface area (Å²) in [5.74, 6) is 0.883. The number of ether oxygens (including phenoxy) is 2. The lowest BCUT2D eigenvalue weighted by molar-refractivity contribution is -0.0360. The second kappa shape index (κ2) is 6.11. The van der Waals surface area contributed by atoms with Crippen molar-refractivity contribution in [1.82, 2.24) is 4.98 Å². The van der Waals surface area contributed by atoms with Crippen LogP contribution in [-0.4, -0.2) is 34.9 Å². The molecule has 1 aromatic carbocycles. The second-order valence-corrected chi connectivity index (χ2v) is 7.93. The van der Waals surface area contributed by atoms with E-state index < -0.39 is 5.54 Å². The average molecular weight is 386 g/mol. The monoisotopic (exact) mass is 385 g/mol. The number of fused-ring (bicyclic) bond motifs is 4. The molecule has 3 aliphatic rings. The molecule has 2 aromatic rings. The van der Waals surface area contributed by atoms with Crippen LogP contribution >= 0.6 is 11.6 Å². The van der Waals surface area contributed by atoms with Crippen LogP contribution in [0.1, 0.15) is 24.8 Å². The third kappa shape index (κ3) is 2.66. The topological polar surface area (TPSA) is 90.0 Å². The lowest BCUT2D eigenvalue weighted by Crippen LogP contribution is -2.51. The van der Waals surface area contributed by atoms with Crippen molar-refractivity contribution in [2.75, 3.05) is 6.61 Å². The SMILES string of the molecule is NC1=NC2(CO1)c1cc(-c3cncc(Cl)c3)ccc1OC1C[C@@H](O)CC[C@@H]12. The van der Waals surface area contributed by atoms with Crippen LogP contribution in [0.4, 0.5) is 0 Å². The molecule has 4 atom stereocenters. The zero-order valence-corrected chi connectivity index (χ0v) is 15.4. The van der Waals surface area contributed by atoms with Crippen molar-refractivity contribution in [3.63, 3.8) is 0 Å². The molecule has 6 nitrogen and oxygen atoms in total. The lowest BCUT2D eigenvalue weighted by Gasteiger charge is -2.47. The van der Waals surface area contributed by atoms with Crippen molar-refractivity contribution < 1.29 is 14.6 Å². The van der Waals surface area contributed by atoms with Gasteiger partial charge in [-0.25, -0.2) is 4.99 Å². The van der Waals surface area contributed by atoms with Crippen LogP contribution in [0.2, 0.25) is 5.02 Å². The Morgan fingerprint density at radius 2 is 2.07 bits per heavy atom. The Bertz CT molecular complexity index is 934. The normalized spacial score (nSPS) is 31.5. The number of aliphatic imine (C=N–C) groups is 1. The van der Waals surface area contributed by atoms with Crippen LogP contribution in [0.5, 0.6) is 5.75 Å². The van der Waals surface area contributed by atoms with E-state index in [1.54, 1.807) is 12.4 Å². The summed E-state index contributed by atoms with van der Waals surface area (Å²) < 4.78 is 11.9. The van der Waals surface area contributed by atoms with Gasteiger partial charge in [-0.2, -0.15) is 0 Å². The zero-order valence-electron chi connectivity index (χ0n) is 14.6. The van der Waals surface area contributed by atoms with E-state index in [-0.39, 0.29) is 24.1 Å². The fraction of sp³-hybridized carbons (Fsp3) is 0.400. The molecule has 1 aromatic heterocycles. The smallest absolute Gasteiger partial charge is 0.283 e. The maximum atomic E-state index is 10.1. The first-order valence-corrected chi connectivity index (χ1v) is 9.51. The Morgan fingerprint density at radius 1 is 1.19 bits per heavy atom. The Balaban J connectivity index is 1.65. The average Bonchev–Trinajstić information content (AvgIpc) is 3.04. The zero-order chi connectivity index (χ0) is 18.6. The number of nitrogens with two attached hydrogens (primary N) is 1. The Hall–Kier alpha value is -2.31. The van der Waals surface area contributed by atoms with Crippen molar-refractivity contribution in [2.45, 2.75) is 37.0 Å². The second-order valence-electron chi connectivity index (χ2n) is 7.50. The number of rotatable bonds is 1. The minimum atomic E-state index is -0.579. The predicted octanol–water partition coefficient (Wildman–Crippen LogP) is 2.86. The van der Waals surface area contributed by atoms with Crippen molar-refractivity contribution in [1.29, 1.82) is 0 Å². The highest BCUT2D eigenvalue weighted by molar-refractivity contribution is 6.30. The van der Waals surface area contributed by atoms with Crippen LogP contribution in [-0.2, 0) is 10.3 Å². The molecule has 1 fully saturated rings. The molecule has 2 unspecified atom stereocenters. The maximum absolute atomic E-state index is 10.1. The third-order valence-corrected chi connectivity index (χ3v) is 6.10. The van der Waals surface area contributed by atoms with E-state index in [9.17, 15) is 5.11 Å². The fourth-order valence-electron chi connectivity index (χ4n) is 4.64. The molecule has 2 aliphatic heterocycles. The molecular formula is C20H20ClN3O3. The Morgan fingerprint density at radius 3 is 2.85 bits per heavy atom. The molecule has 1 saturated carbocycles. The molecule has 1 spiro atoms. The van der Waals surface area contributed by atoms with E-state index in [0.717, 1.165) is 35.3 Å². The van der Waals surface area contributed by atoms with Gasteiger partial charge in [0.15, 0.2) is 0 Å². The van der Waals surface area contributed by atoms with Gasteiger partial charge in [0.1, 0.15) is 24.0 Å². The van der Waals surface area contributed by atoms with Gasteiger partial charge < -0.3 is 20.3 Å². The summed E-state index contributed by atoms with van der Waals surface area (Å²) in [6.07, 6.45) is 5.10. The van der Waals surface area contributed by atoms with Gasteiger partial charge in [-0.05, 0) is 36.6 Å². The summed E-state index contributed by atoms with van der Waals surface area (Å²) in [5.41, 5.74) is 8.23. The van der Waals surface area contributed by atoms with Crippen LogP contribution < -0.4 is 10.5 Å². The van der Waals surface area contributed by atoms with Gasteiger partial charge in [0, 0.05) is 35.9 Å². The lowest BCUT2D eigenvalue weighted by atomic mass is 9.67. The highest BCUT2D eigenvalue weighted by atomic mass is 35.5. The number of halogens is 1. The number of amidine groups is 1. The van der Waals surface area contributed by atoms with Gasteiger partial charge in [-0.1, -0.05) is 17.7 Å². The number of pyridine rings is 1. The molecule has 3 heterocycles. The quantitative estimate of drug-likeness (QED) is 0.787. The fourth-order valence-corrected chi connectivity index (χ4v) is 4.81. The summed E-state index contributed by atoms with van der Waals surface area (Å²) in [6.45, 7) is 0.393. The summed E-state index contributed by atoms with van der Waals surface area (Å²) in [6, 6.07) is 8.11. The van der Waals surface area contributed by atoms with Gasteiger partial charge in [0.2, 0.25) is 0 Å². The highest BCUT2D eigenvalue weighted by Gasteiger charge is 2.55. The van der Waals surface area contributed by atoms with Gasteiger partial charge in [-0.15, -0.1) is 0 Å². The van der Waals surface area contributed by atoms with Crippen LogP contribution in [0.15, 0.2) is 41.7 Å². The minimum absolute atomic E-state index is 0.0989. The number of benzene rings is 1. The number of hydrogen-bond donors (Lipinski definition) is 2. The van der Waals surface area contributed by atoms with Gasteiger partial charge in [-0.3, -0.25) is 4.98 Å². The molecule has 7 heteroatoms. The van der Waals surface area contributed by atoms with E-state index in [4.69, 9.17) is 31.8 Å². The number of aliphatic hydroxyl groups is 1. The minimum Gasteiger partial charge on any atom is -0.490 e. The van der Waals surface area contributed by atoms with E-state index in [1.165, 1.54) is 0 Å². The van der Waals surface area contributed by atoms with E-state index in [2.05, 4.69) is 11.1 Å². The first-order valence-electron chi connectivity index (χ1n) is 9.13. The highest BCUT2D eigenvalue weighted by Crippen LogP contribution is 2.53. The molecule has 3 N–H and O–H groups in total. The molecular weight excluding hydrogens is 366 g/mol. The van der Waals surface area contributed by atoms with Crippen molar-refractivity contribution in [3.8, 4) is 16.9 Å². The standard InChI is InChI=1S/C20H20ClN3O3/c21-13-5-12(8-23-9-13)11-1-4-17-16(6-11)20(10-26-19(22)24-20)15-3-2-14(25)7-18(15)27-17/h1,4-6,8-9,14-15,18,25H,2-3,7,10H2,(H2,22,24)/t14-,15-,18?,20?/m0/s1. The molecule has 5 rings (SSSR count). The number of aromatic nitrogens is 1. The number of nitrogens with zero attached hydrogens (tertiary/aromatic N) is 2. The van der Waals surface area contributed by atoms with Crippen molar-refractivity contribution in [3.05, 3.63) is 47.2 Å². The first-order chi connectivity index (χ1) is 13.0. The van der Waals surface area contributed by atoms with Crippen molar-refractivity contribution in [2.24, 2.45) is 16.6 Å². The largest absolute Gasteiger partial charge is 0.490 e. The van der Waals surface area contributed by atoms with Gasteiger partial charge in [0.25, 0.3) is 6.02 Å². The maximum Gasteiger partial charge on any atom is 0.283 e. The van der Waals surface area contributed by atoms with Crippen LogP contribution in [0.3, 0.4) is 0 Å². The molecule has 0 bridgehead atoms. The Labute approximate surface area is 162 Å². The summed E-state index contributed by atoms with van der Waals surface area (Å²) in [4.78, 5) is 8.94.